The van der Waals surface area contributed by atoms with Crippen LogP contribution in [0.15, 0.2) is 0 Å². The minimum absolute atomic E-state index is 0.213. The van der Waals surface area contributed by atoms with E-state index >= 15 is 0 Å². The average Bonchev–Trinajstić information content (AvgIpc) is 2.95. The standard InChI is InChI=1S/C16H31N3O2/c1-17-7-10-19(11-8-17)12-9-18(2)15-3-5-16(6-4-15)20-13-14-21-16/h15H,3-14H2,1-2H3. The predicted octanol–water partition coefficient (Wildman–Crippen LogP) is 0.851. The van der Waals surface area contributed by atoms with E-state index in [1.165, 1.54) is 52.1 Å². The highest BCUT2D eigenvalue weighted by atomic mass is 16.7. The van der Waals surface area contributed by atoms with Crippen LogP contribution in [-0.4, -0.2) is 93.1 Å². The van der Waals surface area contributed by atoms with Crippen molar-refractivity contribution in [2.24, 2.45) is 0 Å². The molecule has 21 heavy (non-hydrogen) atoms. The maximum Gasteiger partial charge on any atom is 0.168 e. The Kier molecular flexibility index (Phi) is 5.17. The van der Waals surface area contributed by atoms with E-state index in [1.807, 2.05) is 0 Å². The van der Waals surface area contributed by atoms with Gasteiger partial charge in [0.2, 0.25) is 0 Å². The number of rotatable bonds is 4. The molecule has 2 heterocycles. The molecule has 0 unspecified atom stereocenters. The van der Waals surface area contributed by atoms with Crippen LogP contribution in [0.25, 0.3) is 0 Å². The van der Waals surface area contributed by atoms with E-state index in [4.69, 9.17) is 9.47 Å². The normalized spacial score (nSPS) is 28.7. The van der Waals surface area contributed by atoms with Crippen LogP contribution in [0.4, 0.5) is 0 Å². The van der Waals surface area contributed by atoms with Gasteiger partial charge in [-0.15, -0.1) is 0 Å². The lowest BCUT2D eigenvalue weighted by atomic mass is 9.89. The summed E-state index contributed by atoms with van der Waals surface area (Å²) in [6.07, 6.45) is 4.55. The van der Waals surface area contributed by atoms with Crippen molar-refractivity contribution in [3.8, 4) is 0 Å². The van der Waals surface area contributed by atoms with Crippen molar-refractivity contribution in [1.82, 2.24) is 14.7 Å². The summed E-state index contributed by atoms with van der Waals surface area (Å²) in [6, 6.07) is 0.705. The van der Waals surface area contributed by atoms with E-state index in [2.05, 4.69) is 28.8 Å². The molecular weight excluding hydrogens is 266 g/mol. The fraction of sp³-hybridized carbons (Fsp3) is 1.00. The molecule has 0 N–H and O–H groups in total. The molecule has 122 valence electrons. The molecule has 0 aromatic rings. The fourth-order valence-electron chi connectivity index (χ4n) is 3.82. The van der Waals surface area contributed by atoms with Crippen molar-refractivity contribution in [2.75, 3.05) is 66.6 Å². The molecule has 3 fully saturated rings. The molecule has 0 amide bonds. The van der Waals surface area contributed by atoms with Gasteiger partial charge >= 0.3 is 0 Å². The Morgan fingerprint density at radius 2 is 1.67 bits per heavy atom. The van der Waals surface area contributed by atoms with Crippen LogP contribution >= 0.6 is 0 Å². The molecule has 0 aromatic carbocycles. The van der Waals surface area contributed by atoms with Crippen molar-refractivity contribution in [3.63, 3.8) is 0 Å². The SMILES string of the molecule is CN1CCN(CCN(C)C2CCC3(CC2)OCCO3)CC1. The van der Waals surface area contributed by atoms with E-state index in [0.29, 0.717) is 6.04 Å². The van der Waals surface area contributed by atoms with Gasteiger partial charge in [0.25, 0.3) is 0 Å². The highest BCUT2D eigenvalue weighted by Crippen LogP contribution is 2.36. The largest absolute Gasteiger partial charge is 0.348 e. The Labute approximate surface area is 129 Å². The molecule has 0 aromatic heterocycles. The molecule has 0 radical (unpaired) electrons. The molecule has 1 aliphatic carbocycles. The average molecular weight is 297 g/mol. The molecule has 2 aliphatic heterocycles. The zero-order chi connectivity index (χ0) is 14.7. The van der Waals surface area contributed by atoms with Gasteiger partial charge in [-0.2, -0.15) is 0 Å². The third kappa shape index (κ3) is 3.96. The number of piperazine rings is 1. The van der Waals surface area contributed by atoms with Gasteiger partial charge in [-0.3, -0.25) is 4.90 Å². The first-order valence-corrected chi connectivity index (χ1v) is 8.56. The zero-order valence-corrected chi connectivity index (χ0v) is 13.7. The number of hydrogen-bond donors (Lipinski definition) is 0. The second-order valence-corrected chi connectivity index (χ2v) is 6.96. The van der Waals surface area contributed by atoms with E-state index < -0.39 is 0 Å². The number of likely N-dealkylation sites (N-methyl/N-ethyl adjacent to an activating group) is 2. The van der Waals surface area contributed by atoms with Gasteiger partial charge in [0, 0.05) is 58.2 Å². The number of nitrogens with zero attached hydrogens (tertiary/aromatic N) is 3. The van der Waals surface area contributed by atoms with Gasteiger partial charge in [-0.05, 0) is 26.9 Å². The molecule has 1 spiro atoms. The van der Waals surface area contributed by atoms with E-state index in [0.717, 1.165) is 26.1 Å². The van der Waals surface area contributed by atoms with Gasteiger partial charge in [-0.1, -0.05) is 0 Å². The van der Waals surface area contributed by atoms with Gasteiger partial charge < -0.3 is 19.3 Å². The second kappa shape index (κ2) is 6.92. The summed E-state index contributed by atoms with van der Waals surface area (Å²) in [7, 11) is 4.50. The van der Waals surface area contributed by atoms with Gasteiger partial charge in [0.1, 0.15) is 0 Å². The lowest BCUT2D eigenvalue weighted by molar-refractivity contribution is -0.183. The van der Waals surface area contributed by atoms with Crippen molar-refractivity contribution in [2.45, 2.75) is 37.5 Å². The van der Waals surface area contributed by atoms with Crippen LogP contribution < -0.4 is 0 Å². The lowest BCUT2D eigenvalue weighted by Crippen LogP contribution is -2.48. The summed E-state index contributed by atoms with van der Waals surface area (Å²) in [5.41, 5.74) is 0. The molecule has 0 bridgehead atoms. The molecule has 1 saturated carbocycles. The van der Waals surface area contributed by atoms with Crippen molar-refractivity contribution in [1.29, 1.82) is 0 Å². The Hall–Kier alpha value is -0.200. The van der Waals surface area contributed by atoms with Gasteiger partial charge in [-0.25, -0.2) is 0 Å². The maximum absolute atomic E-state index is 5.82. The first-order chi connectivity index (χ1) is 10.2. The second-order valence-electron chi connectivity index (χ2n) is 6.96. The minimum Gasteiger partial charge on any atom is -0.348 e. The highest BCUT2D eigenvalue weighted by Gasteiger charge is 2.40. The van der Waals surface area contributed by atoms with Crippen LogP contribution in [0, 0.1) is 0 Å². The maximum atomic E-state index is 5.82. The third-order valence-corrected chi connectivity index (χ3v) is 5.52. The monoisotopic (exact) mass is 297 g/mol. The van der Waals surface area contributed by atoms with Crippen molar-refractivity contribution < 1.29 is 9.47 Å². The summed E-state index contributed by atoms with van der Waals surface area (Å²) in [4.78, 5) is 7.58. The Morgan fingerprint density at radius 3 is 2.29 bits per heavy atom. The summed E-state index contributed by atoms with van der Waals surface area (Å²) < 4.78 is 11.6. The molecule has 5 heteroatoms. The Balaban J connectivity index is 1.37. The summed E-state index contributed by atoms with van der Waals surface area (Å²) in [5, 5.41) is 0. The molecule has 5 nitrogen and oxygen atoms in total. The summed E-state index contributed by atoms with van der Waals surface area (Å²) >= 11 is 0. The first-order valence-electron chi connectivity index (χ1n) is 8.56. The highest BCUT2D eigenvalue weighted by molar-refractivity contribution is 4.86. The van der Waals surface area contributed by atoms with Gasteiger partial charge in [0.05, 0.1) is 13.2 Å². The molecule has 3 rings (SSSR count). The Morgan fingerprint density at radius 1 is 1.05 bits per heavy atom. The molecule has 3 aliphatic rings. The lowest BCUT2D eigenvalue weighted by Gasteiger charge is -2.40. The van der Waals surface area contributed by atoms with Crippen LogP contribution in [0.1, 0.15) is 25.7 Å². The van der Waals surface area contributed by atoms with Gasteiger partial charge in [0.15, 0.2) is 5.79 Å². The third-order valence-electron chi connectivity index (χ3n) is 5.52. The topological polar surface area (TPSA) is 28.2 Å². The quantitative estimate of drug-likeness (QED) is 0.767. The van der Waals surface area contributed by atoms with E-state index in [1.54, 1.807) is 0 Å². The van der Waals surface area contributed by atoms with Crippen LogP contribution in [0.3, 0.4) is 0 Å². The van der Waals surface area contributed by atoms with Crippen LogP contribution in [0.2, 0.25) is 0 Å². The van der Waals surface area contributed by atoms with Crippen molar-refractivity contribution >= 4 is 0 Å². The predicted molar refractivity (Wildman–Crippen MR) is 83.5 cm³/mol. The number of hydrogen-bond acceptors (Lipinski definition) is 5. The molecular formula is C16H31N3O2. The number of ether oxygens (including phenoxy) is 2. The molecule has 0 atom stereocenters. The first kappa shape index (κ1) is 15.7. The summed E-state index contributed by atoms with van der Waals surface area (Å²) in [5.74, 6) is -0.213. The fourth-order valence-corrected chi connectivity index (χ4v) is 3.82. The Bertz CT molecular complexity index is 315. The smallest absolute Gasteiger partial charge is 0.168 e. The minimum atomic E-state index is -0.213. The van der Waals surface area contributed by atoms with Crippen LogP contribution in [-0.2, 0) is 9.47 Å². The zero-order valence-electron chi connectivity index (χ0n) is 13.7. The van der Waals surface area contributed by atoms with E-state index in [-0.39, 0.29) is 5.79 Å². The van der Waals surface area contributed by atoms with E-state index in [9.17, 15) is 0 Å². The molecule has 2 saturated heterocycles. The van der Waals surface area contributed by atoms with Crippen LogP contribution in [0.5, 0.6) is 0 Å². The summed E-state index contributed by atoms with van der Waals surface area (Å²) in [6.45, 7) is 8.82. The van der Waals surface area contributed by atoms with Crippen molar-refractivity contribution in [3.05, 3.63) is 0 Å².